The smallest absolute Gasteiger partial charge is 0.338 e. The number of rotatable bonds is 2. The van der Waals surface area contributed by atoms with Gasteiger partial charge in [0.2, 0.25) is 0 Å². The van der Waals surface area contributed by atoms with E-state index >= 15 is 0 Å². The largest absolute Gasteiger partial charge is 0.465 e. The number of hydrogen-bond acceptors (Lipinski definition) is 3. The number of nitrogens with zero attached hydrogens (tertiary/aromatic N) is 1. The lowest BCUT2D eigenvalue weighted by atomic mass is 10.0. The topological polar surface area (TPSA) is 29.5 Å². The Labute approximate surface area is 119 Å². The number of carbonyl (C=O) groups is 1. The van der Waals surface area contributed by atoms with Crippen LogP contribution in [0.3, 0.4) is 0 Å². The first-order valence-corrected chi connectivity index (χ1v) is 7.16. The van der Waals surface area contributed by atoms with Crippen LogP contribution in [-0.4, -0.2) is 26.2 Å². The van der Waals surface area contributed by atoms with Crippen molar-refractivity contribution in [3.05, 3.63) is 42.0 Å². The number of hydrogen-bond donors (Lipinski definition) is 0. The van der Waals surface area contributed by atoms with Gasteiger partial charge in [-0.1, -0.05) is 24.3 Å². The van der Waals surface area contributed by atoms with E-state index in [0.717, 1.165) is 23.9 Å². The molecule has 0 N–H and O–H groups in total. The van der Waals surface area contributed by atoms with Crippen LogP contribution < -0.4 is 4.90 Å². The van der Waals surface area contributed by atoms with Crippen molar-refractivity contribution in [3.63, 3.8) is 0 Å². The zero-order valence-corrected chi connectivity index (χ0v) is 11.8. The van der Waals surface area contributed by atoms with Crippen LogP contribution in [0.1, 0.15) is 29.6 Å². The van der Waals surface area contributed by atoms with Crippen LogP contribution in [0.5, 0.6) is 0 Å². The van der Waals surface area contributed by atoms with Gasteiger partial charge >= 0.3 is 5.97 Å². The molecule has 0 spiro atoms. The van der Waals surface area contributed by atoms with E-state index < -0.39 is 0 Å². The van der Waals surface area contributed by atoms with Gasteiger partial charge in [-0.25, -0.2) is 4.79 Å². The Hall–Kier alpha value is -2.03. The summed E-state index contributed by atoms with van der Waals surface area (Å²) >= 11 is 0. The molecule has 2 aromatic rings. The molecule has 1 fully saturated rings. The number of anilines is 1. The molecule has 1 saturated heterocycles. The van der Waals surface area contributed by atoms with E-state index in [1.807, 2.05) is 24.3 Å². The summed E-state index contributed by atoms with van der Waals surface area (Å²) in [6.45, 7) is 2.20. The van der Waals surface area contributed by atoms with E-state index in [2.05, 4.69) is 17.0 Å². The normalized spacial score (nSPS) is 15.3. The molecule has 3 nitrogen and oxygen atoms in total. The maximum absolute atomic E-state index is 11.9. The SMILES string of the molecule is COC(=O)c1ccc(N2CCCCC2)c2ccccc12. The van der Waals surface area contributed by atoms with Gasteiger partial charge in [-0.15, -0.1) is 0 Å². The molecule has 0 bridgehead atoms. The highest BCUT2D eigenvalue weighted by molar-refractivity contribution is 6.08. The number of methoxy groups -OCH3 is 1. The second-order valence-corrected chi connectivity index (χ2v) is 5.22. The van der Waals surface area contributed by atoms with E-state index in [0.29, 0.717) is 5.56 Å². The molecule has 1 aliphatic rings. The molecule has 1 aliphatic heterocycles. The highest BCUT2D eigenvalue weighted by Crippen LogP contribution is 2.31. The minimum absolute atomic E-state index is 0.272. The summed E-state index contributed by atoms with van der Waals surface area (Å²) in [4.78, 5) is 14.3. The second kappa shape index (κ2) is 5.53. The fourth-order valence-electron chi connectivity index (χ4n) is 2.98. The summed E-state index contributed by atoms with van der Waals surface area (Å²) in [6, 6.07) is 12.0. The van der Waals surface area contributed by atoms with Gasteiger partial charge in [0.05, 0.1) is 12.7 Å². The maximum Gasteiger partial charge on any atom is 0.338 e. The summed E-state index contributed by atoms with van der Waals surface area (Å²) in [6.07, 6.45) is 3.80. The Balaban J connectivity index is 2.13. The van der Waals surface area contributed by atoms with Crippen molar-refractivity contribution in [2.45, 2.75) is 19.3 Å². The Morgan fingerprint density at radius 1 is 1.00 bits per heavy atom. The van der Waals surface area contributed by atoms with Crippen molar-refractivity contribution >= 4 is 22.4 Å². The average Bonchev–Trinajstić information content (AvgIpc) is 2.54. The molecule has 2 aromatic carbocycles. The predicted octanol–water partition coefficient (Wildman–Crippen LogP) is 3.62. The van der Waals surface area contributed by atoms with E-state index in [9.17, 15) is 4.79 Å². The number of benzene rings is 2. The molecule has 0 saturated carbocycles. The van der Waals surface area contributed by atoms with E-state index in [1.165, 1.54) is 32.1 Å². The maximum atomic E-state index is 11.9. The fraction of sp³-hybridized carbons (Fsp3) is 0.353. The zero-order valence-electron chi connectivity index (χ0n) is 11.8. The highest BCUT2D eigenvalue weighted by atomic mass is 16.5. The molecule has 1 heterocycles. The predicted molar refractivity (Wildman–Crippen MR) is 81.4 cm³/mol. The van der Waals surface area contributed by atoms with Crippen molar-refractivity contribution in [2.24, 2.45) is 0 Å². The minimum Gasteiger partial charge on any atom is -0.465 e. The summed E-state index contributed by atoms with van der Waals surface area (Å²) in [7, 11) is 1.43. The van der Waals surface area contributed by atoms with Crippen LogP contribution in [-0.2, 0) is 4.74 Å². The lowest BCUT2D eigenvalue weighted by Gasteiger charge is -2.30. The van der Waals surface area contributed by atoms with Crippen LogP contribution in [0, 0.1) is 0 Å². The highest BCUT2D eigenvalue weighted by Gasteiger charge is 2.17. The first-order chi connectivity index (χ1) is 9.81. The Morgan fingerprint density at radius 3 is 2.40 bits per heavy atom. The zero-order chi connectivity index (χ0) is 13.9. The van der Waals surface area contributed by atoms with E-state index in [4.69, 9.17) is 4.74 Å². The van der Waals surface area contributed by atoms with Crippen LogP contribution in [0.2, 0.25) is 0 Å². The monoisotopic (exact) mass is 269 g/mol. The molecule has 20 heavy (non-hydrogen) atoms. The van der Waals surface area contributed by atoms with Gasteiger partial charge in [-0.3, -0.25) is 0 Å². The Kier molecular flexibility index (Phi) is 3.59. The van der Waals surface area contributed by atoms with Gasteiger partial charge in [0.25, 0.3) is 0 Å². The molecule has 0 aromatic heterocycles. The number of carbonyl (C=O) groups excluding carboxylic acids is 1. The van der Waals surface area contributed by atoms with Crippen LogP contribution in [0.15, 0.2) is 36.4 Å². The molecule has 104 valence electrons. The Bertz CT molecular complexity index is 630. The molecule has 3 rings (SSSR count). The van der Waals surface area contributed by atoms with Crippen molar-refractivity contribution in [1.82, 2.24) is 0 Å². The van der Waals surface area contributed by atoms with Crippen LogP contribution in [0.25, 0.3) is 10.8 Å². The van der Waals surface area contributed by atoms with Gasteiger partial charge in [0.1, 0.15) is 0 Å². The molecule has 0 unspecified atom stereocenters. The number of piperidine rings is 1. The van der Waals surface area contributed by atoms with E-state index in [1.54, 1.807) is 0 Å². The van der Waals surface area contributed by atoms with E-state index in [-0.39, 0.29) is 5.97 Å². The third-order valence-electron chi connectivity index (χ3n) is 4.00. The first kappa shape index (κ1) is 13.0. The number of ether oxygens (including phenoxy) is 1. The average molecular weight is 269 g/mol. The third-order valence-corrected chi connectivity index (χ3v) is 4.00. The summed E-state index contributed by atoms with van der Waals surface area (Å²) in [5, 5.41) is 2.11. The second-order valence-electron chi connectivity index (χ2n) is 5.22. The van der Waals surface area contributed by atoms with Crippen LogP contribution >= 0.6 is 0 Å². The molecule has 0 atom stereocenters. The molecular formula is C17H19NO2. The van der Waals surface area contributed by atoms with Gasteiger partial charge in [0.15, 0.2) is 0 Å². The molecule has 3 heteroatoms. The standard InChI is InChI=1S/C17H19NO2/c1-20-17(19)15-9-10-16(18-11-5-2-6-12-18)14-8-4-3-7-13(14)15/h3-4,7-10H,2,5-6,11-12H2,1H3. The first-order valence-electron chi connectivity index (χ1n) is 7.16. The summed E-state index contributed by atoms with van der Waals surface area (Å²) in [5.74, 6) is -0.272. The van der Waals surface area contributed by atoms with Crippen molar-refractivity contribution < 1.29 is 9.53 Å². The molecule has 0 amide bonds. The minimum atomic E-state index is -0.272. The van der Waals surface area contributed by atoms with Gasteiger partial charge in [-0.05, 0) is 36.8 Å². The molecule has 0 radical (unpaired) electrons. The third kappa shape index (κ3) is 2.24. The number of fused-ring (bicyclic) bond motifs is 1. The van der Waals surface area contributed by atoms with Crippen molar-refractivity contribution in [2.75, 3.05) is 25.1 Å². The van der Waals surface area contributed by atoms with Gasteiger partial charge in [0, 0.05) is 24.2 Å². The summed E-state index contributed by atoms with van der Waals surface area (Å²) < 4.78 is 4.88. The summed E-state index contributed by atoms with van der Waals surface area (Å²) in [5.41, 5.74) is 1.87. The quantitative estimate of drug-likeness (QED) is 0.780. The van der Waals surface area contributed by atoms with Crippen molar-refractivity contribution in [1.29, 1.82) is 0 Å². The van der Waals surface area contributed by atoms with Crippen molar-refractivity contribution in [3.8, 4) is 0 Å². The van der Waals surface area contributed by atoms with Gasteiger partial charge < -0.3 is 9.64 Å². The molecule has 0 aliphatic carbocycles. The number of esters is 1. The molecular weight excluding hydrogens is 250 g/mol. The lowest BCUT2D eigenvalue weighted by Crippen LogP contribution is -2.29. The van der Waals surface area contributed by atoms with Gasteiger partial charge in [-0.2, -0.15) is 0 Å². The Morgan fingerprint density at radius 2 is 1.70 bits per heavy atom. The lowest BCUT2D eigenvalue weighted by molar-refractivity contribution is 0.0603. The van der Waals surface area contributed by atoms with Crippen LogP contribution in [0.4, 0.5) is 5.69 Å². The fourth-order valence-corrected chi connectivity index (χ4v) is 2.98.